The van der Waals surface area contributed by atoms with Gasteiger partial charge in [-0.1, -0.05) is 294 Å². The highest BCUT2D eigenvalue weighted by Crippen LogP contribution is 2.12. The molecule has 10 aromatic carbocycles. The number of aryl methyl sites for hydroxylation is 15. The molecular formula is C77H90BrClFIO. The van der Waals surface area contributed by atoms with Crippen molar-refractivity contribution < 1.29 is 9.13 Å². The van der Waals surface area contributed by atoms with Gasteiger partial charge in [-0.2, -0.15) is 0 Å². The Labute approximate surface area is 523 Å². The maximum atomic E-state index is 12.1. The van der Waals surface area contributed by atoms with Gasteiger partial charge >= 0.3 is 0 Å². The molecule has 0 aliphatic heterocycles. The van der Waals surface area contributed by atoms with Gasteiger partial charge in [0.2, 0.25) is 0 Å². The lowest BCUT2D eigenvalue weighted by atomic mass is 10.1. The maximum Gasteiger partial charge on any atom is 0.123 e. The van der Waals surface area contributed by atoms with E-state index in [1.54, 1.807) is 19.2 Å². The van der Waals surface area contributed by atoms with Crippen molar-refractivity contribution in [2.24, 2.45) is 0 Å². The molecule has 5 heteroatoms. The van der Waals surface area contributed by atoms with Crippen LogP contribution in [0.2, 0.25) is 5.02 Å². The lowest BCUT2D eigenvalue weighted by Crippen LogP contribution is -1.80. The molecule has 82 heavy (non-hydrogen) atoms. The minimum absolute atomic E-state index is 0.171. The van der Waals surface area contributed by atoms with Crippen molar-refractivity contribution >= 4 is 50.1 Å². The van der Waals surface area contributed by atoms with Crippen molar-refractivity contribution in [1.29, 1.82) is 0 Å². The van der Waals surface area contributed by atoms with E-state index in [1.165, 1.54) is 93.6 Å². The van der Waals surface area contributed by atoms with E-state index in [0.717, 1.165) is 27.2 Å². The largest absolute Gasteiger partial charge is 0.497 e. The zero-order valence-corrected chi connectivity index (χ0v) is 56.2. The Hall–Kier alpha value is -6.57. The van der Waals surface area contributed by atoms with Crippen LogP contribution in [0.25, 0.3) is 0 Å². The Morgan fingerprint density at radius 2 is 0.598 bits per heavy atom. The summed E-state index contributed by atoms with van der Waals surface area (Å²) in [6, 6.07) is 81.2. The van der Waals surface area contributed by atoms with Crippen molar-refractivity contribution in [2.75, 3.05) is 7.11 Å². The first-order valence-corrected chi connectivity index (χ1v) is 29.9. The first-order chi connectivity index (χ1) is 39.0. The average molecular weight is 1290 g/mol. The highest BCUT2D eigenvalue weighted by molar-refractivity contribution is 14.1. The molecule has 10 aromatic rings. The summed E-state index contributed by atoms with van der Waals surface area (Å²) in [5.74, 6) is 0.746. The van der Waals surface area contributed by atoms with E-state index in [9.17, 15) is 4.39 Å². The third kappa shape index (κ3) is 40.6. The quantitative estimate of drug-likeness (QED) is 0.157. The average Bonchev–Trinajstić information content (AvgIpc) is 3.44. The van der Waals surface area contributed by atoms with Gasteiger partial charge in [-0.25, -0.2) is 4.39 Å². The van der Waals surface area contributed by atoms with Crippen LogP contribution in [0.5, 0.6) is 5.75 Å². The summed E-state index contributed by atoms with van der Waals surface area (Å²) >= 11 is 11.3. The third-order valence-corrected chi connectivity index (χ3v) is 13.0. The Balaban J connectivity index is 0.000000456. The second kappa shape index (κ2) is 44.1. The van der Waals surface area contributed by atoms with Gasteiger partial charge in [-0.05, 0) is 192 Å². The number of rotatable bonds is 2. The van der Waals surface area contributed by atoms with Gasteiger partial charge in [0.05, 0.1) is 7.11 Å². The molecule has 0 aliphatic carbocycles. The van der Waals surface area contributed by atoms with Crippen molar-refractivity contribution in [3.63, 3.8) is 0 Å². The second-order valence-corrected chi connectivity index (χ2v) is 22.8. The van der Waals surface area contributed by atoms with Crippen LogP contribution in [-0.2, 0) is 6.42 Å². The number of hydrogen-bond donors (Lipinski definition) is 0. The van der Waals surface area contributed by atoms with E-state index >= 15 is 0 Å². The summed E-state index contributed by atoms with van der Waals surface area (Å²) in [6.45, 7) is 31.3. The molecule has 0 N–H and O–H groups in total. The Bertz CT molecular complexity index is 2700. The molecule has 0 aliphatic rings. The predicted molar refractivity (Wildman–Crippen MR) is 372 cm³/mol. The van der Waals surface area contributed by atoms with Crippen molar-refractivity contribution in [3.8, 4) is 5.75 Å². The van der Waals surface area contributed by atoms with E-state index in [-0.39, 0.29) is 5.82 Å². The molecule has 0 bridgehead atoms. The minimum Gasteiger partial charge on any atom is -0.497 e. The van der Waals surface area contributed by atoms with Crippen LogP contribution in [0, 0.1) is 106 Å². The molecule has 0 unspecified atom stereocenters. The number of benzene rings is 10. The number of methoxy groups -OCH3 is 1. The summed E-state index contributed by atoms with van der Waals surface area (Å²) in [5.41, 5.74) is 19.7. The monoisotopic (exact) mass is 1290 g/mol. The summed E-state index contributed by atoms with van der Waals surface area (Å²) in [6.07, 6.45) is 1.14. The molecule has 10 rings (SSSR count). The summed E-state index contributed by atoms with van der Waals surface area (Å²) in [7, 11) is 1.67. The SMILES string of the molecule is CCc1cccc(C)c1.COc1ccc(C)cc1.Cc1ccc(Br)cc1.Cc1ccc(Cl)cc1.Cc1ccc(F)cc1.Cc1ccc(I)cc1.Cc1cccc(C)c1.Cc1cccc(C)c1.Cc1cccc(C)c1.Cc1cccc(C)c1. The highest BCUT2D eigenvalue weighted by Gasteiger charge is 1.89. The molecule has 1 nitrogen and oxygen atoms in total. The third-order valence-electron chi connectivity index (χ3n) is 11.5. The van der Waals surface area contributed by atoms with Crippen molar-refractivity contribution in [1.82, 2.24) is 0 Å². The Kier molecular flexibility index (Phi) is 39.5. The van der Waals surface area contributed by atoms with Crippen LogP contribution in [0.15, 0.2) is 247 Å². The molecule has 0 radical (unpaired) electrons. The predicted octanol–water partition coefficient (Wildman–Crippen LogP) is 23.9. The molecular weight excluding hydrogens is 1200 g/mol. The summed E-state index contributed by atoms with van der Waals surface area (Å²) < 4.78 is 19.5. The van der Waals surface area contributed by atoms with Gasteiger partial charge in [0.1, 0.15) is 11.6 Å². The van der Waals surface area contributed by atoms with Crippen LogP contribution < -0.4 is 4.74 Å². The minimum atomic E-state index is -0.171. The molecule has 0 saturated heterocycles. The zero-order chi connectivity index (χ0) is 61.2. The van der Waals surface area contributed by atoms with E-state index < -0.39 is 0 Å². The van der Waals surface area contributed by atoms with Gasteiger partial charge in [-0.15, -0.1) is 0 Å². The fourth-order valence-electron chi connectivity index (χ4n) is 6.97. The second-order valence-electron chi connectivity index (χ2n) is 20.2. The zero-order valence-electron chi connectivity index (χ0n) is 51.7. The van der Waals surface area contributed by atoms with Crippen LogP contribution in [0.1, 0.15) is 90.4 Å². The summed E-state index contributed by atoms with van der Waals surface area (Å²) in [4.78, 5) is 0. The van der Waals surface area contributed by atoms with Crippen LogP contribution in [-0.4, -0.2) is 7.11 Å². The van der Waals surface area contributed by atoms with Gasteiger partial charge in [0.25, 0.3) is 0 Å². The lowest BCUT2D eigenvalue weighted by Gasteiger charge is -1.97. The highest BCUT2D eigenvalue weighted by atomic mass is 127. The lowest BCUT2D eigenvalue weighted by molar-refractivity contribution is 0.414. The number of hydrogen-bond acceptors (Lipinski definition) is 1. The fourth-order valence-corrected chi connectivity index (χ4v) is 7.72. The molecule has 0 aromatic heterocycles. The number of halogens is 4. The van der Waals surface area contributed by atoms with E-state index in [4.69, 9.17) is 16.3 Å². The van der Waals surface area contributed by atoms with Gasteiger partial charge in [0, 0.05) is 13.1 Å². The molecule has 0 amide bonds. The van der Waals surface area contributed by atoms with E-state index in [2.05, 4.69) is 286 Å². The molecule has 0 atom stereocenters. The van der Waals surface area contributed by atoms with Crippen LogP contribution >= 0.6 is 50.1 Å². The Morgan fingerprint density at radius 1 is 0.341 bits per heavy atom. The molecule has 0 fully saturated rings. The standard InChI is InChI=1S/C9H12.C8H10O.4C8H10.C7H7Br.C7H7Cl.C7H7F.C7H7I/c1-3-9-6-4-5-8(2)7-9;1-7-3-5-8(9-2)6-4-7;4*1-7-4-3-5-8(2)6-7;4*1-6-2-4-7(8)5-3-6/h4-7H,3H2,1-2H3;3-6H,1-2H3;4*3-6H,1-2H3;4*2-5H,1H3. The van der Waals surface area contributed by atoms with Crippen LogP contribution in [0.3, 0.4) is 0 Å². The van der Waals surface area contributed by atoms with Crippen LogP contribution in [0.4, 0.5) is 4.39 Å². The van der Waals surface area contributed by atoms with E-state index in [0.29, 0.717) is 0 Å². The number of ether oxygens (including phenoxy) is 1. The normalized spacial score (nSPS) is 9.27. The first-order valence-electron chi connectivity index (χ1n) is 27.6. The summed E-state index contributed by atoms with van der Waals surface area (Å²) in [5, 5.41) is 0.801. The Morgan fingerprint density at radius 3 is 0.805 bits per heavy atom. The van der Waals surface area contributed by atoms with Crippen molar-refractivity contribution in [3.05, 3.63) is 345 Å². The van der Waals surface area contributed by atoms with Crippen molar-refractivity contribution in [2.45, 2.75) is 110 Å². The maximum absolute atomic E-state index is 12.1. The first kappa shape index (κ1) is 73.4. The fraction of sp³-hybridized carbons (Fsp3) is 0.221. The van der Waals surface area contributed by atoms with Gasteiger partial charge in [0.15, 0.2) is 0 Å². The van der Waals surface area contributed by atoms with E-state index in [1.807, 2.05) is 74.5 Å². The topological polar surface area (TPSA) is 9.23 Å². The molecule has 0 saturated carbocycles. The smallest absolute Gasteiger partial charge is 0.123 e. The van der Waals surface area contributed by atoms with Gasteiger partial charge < -0.3 is 4.74 Å². The van der Waals surface area contributed by atoms with Gasteiger partial charge in [-0.3, -0.25) is 0 Å². The molecule has 432 valence electrons. The molecule has 0 spiro atoms. The molecule has 0 heterocycles.